The molecule has 0 aromatic carbocycles. The summed E-state index contributed by atoms with van der Waals surface area (Å²) < 4.78 is 26.0. The minimum absolute atomic E-state index is 0.0500. The van der Waals surface area contributed by atoms with Crippen LogP contribution in [0.1, 0.15) is 26.5 Å². The van der Waals surface area contributed by atoms with E-state index < -0.39 is 15.6 Å². The molecule has 1 heterocycles. The summed E-state index contributed by atoms with van der Waals surface area (Å²) in [7, 11) is -3.84. The maximum atomic E-state index is 12.4. The summed E-state index contributed by atoms with van der Waals surface area (Å²) in [6.07, 6.45) is 1.36. The number of aliphatic hydroxyl groups is 1. The van der Waals surface area contributed by atoms with Crippen molar-refractivity contribution in [3.8, 4) is 6.07 Å². The molecule has 0 saturated carbocycles. The first-order chi connectivity index (χ1) is 8.72. The van der Waals surface area contributed by atoms with Crippen molar-refractivity contribution in [2.45, 2.75) is 31.3 Å². The van der Waals surface area contributed by atoms with Gasteiger partial charge in [0.15, 0.2) is 5.69 Å². The van der Waals surface area contributed by atoms with E-state index in [1.54, 1.807) is 13.0 Å². The first-order valence-electron chi connectivity index (χ1n) is 5.80. The van der Waals surface area contributed by atoms with E-state index in [2.05, 4.69) is 4.98 Å². The van der Waals surface area contributed by atoms with Gasteiger partial charge in [-0.05, 0) is 26.0 Å². The SMILES string of the molecule is CCN(CC(C)(C)O)S(=O)(=O)c1cccnc1C#N. The largest absolute Gasteiger partial charge is 0.389 e. The van der Waals surface area contributed by atoms with E-state index in [4.69, 9.17) is 5.26 Å². The Morgan fingerprint density at radius 1 is 1.53 bits per heavy atom. The van der Waals surface area contributed by atoms with Crippen LogP contribution in [0.25, 0.3) is 0 Å². The lowest BCUT2D eigenvalue weighted by atomic mass is 10.1. The standard InChI is InChI=1S/C12H17N3O3S/c1-4-15(9-12(2,3)16)19(17,18)11-6-5-7-14-10(11)8-13/h5-7,16H,4,9H2,1-3H3. The maximum absolute atomic E-state index is 12.4. The van der Waals surface area contributed by atoms with Crippen LogP contribution in [0.2, 0.25) is 0 Å². The van der Waals surface area contributed by atoms with Gasteiger partial charge in [-0.1, -0.05) is 6.92 Å². The van der Waals surface area contributed by atoms with Crippen molar-refractivity contribution < 1.29 is 13.5 Å². The van der Waals surface area contributed by atoms with Crippen molar-refractivity contribution in [3.63, 3.8) is 0 Å². The fourth-order valence-corrected chi connectivity index (χ4v) is 3.32. The monoisotopic (exact) mass is 283 g/mol. The lowest BCUT2D eigenvalue weighted by molar-refractivity contribution is 0.0601. The molecule has 0 atom stereocenters. The van der Waals surface area contributed by atoms with E-state index >= 15 is 0 Å². The molecule has 1 aromatic rings. The highest BCUT2D eigenvalue weighted by Crippen LogP contribution is 2.20. The summed E-state index contributed by atoms with van der Waals surface area (Å²) in [5.41, 5.74) is -1.30. The number of hydrogen-bond donors (Lipinski definition) is 1. The van der Waals surface area contributed by atoms with Crippen molar-refractivity contribution >= 4 is 10.0 Å². The normalized spacial score (nSPS) is 12.4. The van der Waals surface area contributed by atoms with Crippen LogP contribution in [-0.2, 0) is 10.0 Å². The zero-order valence-corrected chi connectivity index (χ0v) is 12.0. The van der Waals surface area contributed by atoms with Crippen molar-refractivity contribution in [1.29, 1.82) is 5.26 Å². The van der Waals surface area contributed by atoms with Crippen molar-refractivity contribution in [2.75, 3.05) is 13.1 Å². The molecule has 0 unspecified atom stereocenters. The van der Waals surface area contributed by atoms with Crippen molar-refractivity contribution in [1.82, 2.24) is 9.29 Å². The second kappa shape index (κ2) is 5.65. The maximum Gasteiger partial charge on any atom is 0.246 e. The van der Waals surface area contributed by atoms with Gasteiger partial charge in [0.1, 0.15) is 11.0 Å². The lowest BCUT2D eigenvalue weighted by Crippen LogP contribution is -2.42. The predicted octanol–water partition coefficient (Wildman–Crippen LogP) is 0.735. The molecule has 0 amide bonds. The van der Waals surface area contributed by atoms with Crippen LogP contribution in [0, 0.1) is 11.3 Å². The van der Waals surface area contributed by atoms with E-state index in [0.717, 1.165) is 4.31 Å². The Balaban J connectivity index is 3.26. The molecule has 1 aromatic heterocycles. The van der Waals surface area contributed by atoms with Crippen LogP contribution in [0.4, 0.5) is 0 Å². The minimum Gasteiger partial charge on any atom is -0.389 e. The van der Waals surface area contributed by atoms with Crippen LogP contribution < -0.4 is 0 Å². The molecule has 1 rings (SSSR count). The van der Waals surface area contributed by atoms with Gasteiger partial charge in [-0.15, -0.1) is 0 Å². The van der Waals surface area contributed by atoms with Gasteiger partial charge in [-0.3, -0.25) is 0 Å². The van der Waals surface area contributed by atoms with Gasteiger partial charge in [-0.2, -0.15) is 9.57 Å². The zero-order chi connectivity index (χ0) is 14.7. The van der Waals surface area contributed by atoms with Gasteiger partial charge in [0.25, 0.3) is 0 Å². The molecule has 0 fully saturated rings. The van der Waals surface area contributed by atoms with Crippen molar-refractivity contribution in [3.05, 3.63) is 24.0 Å². The summed E-state index contributed by atoms with van der Waals surface area (Å²) in [4.78, 5) is 3.61. The van der Waals surface area contributed by atoms with Gasteiger partial charge in [0.2, 0.25) is 10.0 Å². The molecule has 0 aliphatic rings. The van der Waals surface area contributed by atoms with Crippen molar-refractivity contribution in [2.24, 2.45) is 0 Å². The fourth-order valence-electron chi connectivity index (χ4n) is 1.62. The Hall–Kier alpha value is -1.49. The first-order valence-corrected chi connectivity index (χ1v) is 7.24. The Morgan fingerprint density at radius 3 is 2.63 bits per heavy atom. The van der Waals surface area contributed by atoms with E-state index in [1.807, 2.05) is 0 Å². The highest BCUT2D eigenvalue weighted by atomic mass is 32.2. The summed E-state index contributed by atoms with van der Waals surface area (Å²) in [5.74, 6) is 0. The van der Waals surface area contributed by atoms with Crippen LogP contribution in [-0.4, -0.2) is 41.5 Å². The smallest absolute Gasteiger partial charge is 0.246 e. The number of aromatic nitrogens is 1. The van der Waals surface area contributed by atoms with E-state index in [1.165, 1.54) is 32.2 Å². The number of rotatable bonds is 5. The molecule has 0 radical (unpaired) electrons. The molecule has 104 valence electrons. The number of nitriles is 1. The molecule has 1 N–H and O–H groups in total. The third-order valence-corrected chi connectivity index (χ3v) is 4.36. The summed E-state index contributed by atoms with van der Waals surface area (Å²) >= 11 is 0. The van der Waals surface area contributed by atoms with Gasteiger partial charge in [0, 0.05) is 19.3 Å². The van der Waals surface area contributed by atoms with Crippen LogP contribution >= 0.6 is 0 Å². The highest BCUT2D eigenvalue weighted by molar-refractivity contribution is 7.89. The Kier molecular flexibility index (Phi) is 4.63. The number of hydrogen-bond acceptors (Lipinski definition) is 5. The summed E-state index contributed by atoms with van der Waals surface area (Å²) in [6.45, 7) is 4.88. The topological polar surface area (TPSA) is 94.3 Å². The second-order valence-corrected chi connectivity index (χ2v) is 6.61. The average Bonchev–Trinajstić information content (AvgIpc) is 2.34. The molecular weight excluding hydrogens is 266 g/mol. The number of likely N-dealkylation sites (N-methyl/N-ethyl adjacent to an activating group) is 1. The van der Waals surface area contributed by atoms with E-state index in [-0.39, 0.29) is 23.7 Å². The van der Waals surface area contributed by atoms with Crippen LogP contribution in [0.5, 0.6) is 0 Å². The third kappa shape index (κ3) is 3.73. The molecule has 0 saturated heterocycles. The lowest BCUT2D eigenvalue weighted by Gasteiger charge is -2.27. The average molecular weight is 283 g/mol. The molecule has 0 aliphatic heterocycles. The first kappa shape index (κ1) is 15.6. The Morgan fingerprint density at radius 2 is 2.16 bits per heavy atom. The molecule has 6 nitrogen and oxygen atoms in total. The Labute approximate surface area is 113 Å². The Bertz CT molecular complexity index is 585. The molecular formula is C12H17N3O3S. The summed E-state index contributed by atoms with van der Waals surface area (Å²) in [6, 6.07) is 4.57. The third-order valence-electron chi connectivity index (χ3n) is 2.41. The second-order valence-electron chi connectivity index (χ2n) is 4.71. The molecule has 0 aliphatic carbocycles. The molecule has 0 bridgehead atoms. The van der Waals surface area contributed by atoms with Gasteiger partial charge < -0.3 is 5.11 Å². The minimum atomic E-state index is -3.84. The zero-order valence-electron chi connectivity index (χ0n) is 11.2. The summed E-state index contributed by atoms with van der Waals surface area (Å²) in [5, 5.41) is 18.7. The van der Waals surface area contributed by atoms with E-state index in [0.29, 0.717) is 0 Å². The number of sulfonamides is 1. The van der Waals surface area contributed by atoms with E-state index in [9.17, 15) is 13.5 Å². The molecule has 7 heteroatoms. The van der Waals surface area contributed by atoms with Gasteiger partial charge in [-0.25, -0.2) is 13.4 Å². The number of pyridine rings is 1. The molecule has 19 heavy (non-hydrogen) atoms. The van der Waals surface area contributed by atoms with Crippen LogP contribution in [0.15, 0.2) is 23.2 Å². The quantitative estimate of drug-likeness (QED) is 0.860. The van der Waals surface area contributed by atoms with Crippen LogP contribution in [0.3, 0.4) is 0 Å². The molecule has 0 spiro atoms. The van der Waals surface area contributed by atoms with Gasteiger partial charge in [0.05, 0.1) is 5.60 Å². The highest BCUT2D eigenvalue weighted by Gasteiger charge is 2.30. The van der Waals surface area contributed by atoms with Gasteiger partial charge >= 0.3 is 0 Å². The predicted molar refractivity (Wildman–Crippen MR) is 69.7 cm³/mol. The number of nitrogens with zero attached hydrogens (tertiary/aromatic N) is 3. The fraction of sp³-hybridized carbons (Fsp3) is 0.500.